The molecular formula is C21H26N4O4. The Labute approximate surface area is 169 Å². The minimum absolute atomic E-state index is 0.122. The van der Waals surface area contributed by atoms with Gasteiger partial charge in [0.05, 0.1) is 12.1 Å². The van der Waals surface area contributed by atoms with Crippen molar-refractivity contribution in [1.82, 2.24) is 20.4 Å². The van der Waals surface area contributed by atoms with Crippen molar-refractivity contribution in [3.63, 3.8) is 0 Å². The van der Waals surface area contributed by atoms with Crippen LogP contribution >= 0.6 is 0 Å². The zero-order chi connectivity index (χ0) is 20.0. The summed E-state index contributed by atoms with van der Waals surface area (Å²) in [6.45, 7) is 5.07. The van der Waals surface area contributed by atoms with Crippen molar-refractivity contribution >= 4 is 17.7 Å². The molecule has 3 heterocycles. The maximum atomic E-state index is 12.9. The number of hydrogen-bond acceptors (Lipinski definition) is 6. The maximum Gasteiger partial charge on any atom is 0.255 e. The van der Waals surface area contributed by atoms with E-state index in [1.807, 2.05) is 12.1 Å². The number of piperazine rings is 1. The van der Waals surface area contributed by atoms with Crippen LogP contribution in [0.15, 0.2) is 18.2 Å². The monoisotopic (exact) mass is 398 g/mol. The van der Waals surface area contributed by atoms with E-state index in [4.69, 9.17) is 4.74 Å². The van der Waals surface area contributed by atoms with Gasteiger partial charge in [-0.2, -0.15) is 0 Å². The highest BCUT2D eigenvalue weighted by atomic mass is 16.5. The van der Waals surface area contributed by atoms with Crippen LogP contribution in [0.3, 0.4) is 0 Å². The molecule has 1 saturated carbocycles. The molecule has 0 radical (unpaired) electrons. The lowest BCUT2D eigenvalue weighted by molar-refractivity contribution is -0.136. The quantitative estimate of drug-likeness (QED) is 0.692. The number of ether oxygens (including phenoxy) is 1. The standard InChI is InChI=1S/C21H26N4O4/c26-18-5-4-16(19(27)23-18)25-12-15-14(20(25)28)2-1-3-17(15)29-13-21(6-7-21)24-10-8-22-9-11-24/h1-3,16,22H,4-13H2,(H,23,26,27). The van der Waals surface area contributed by atoms with E-state index >= 15 is 0 Å². The average Bonchev–Trinajstić information content (AvgIpc) is 3.46. The van der Waals surface area contributed by atoms with Crippen LogP contribution in [0.4, 0.5) is 0 Å². The number of benzene rings is 1. The minimum atomic E-state index is -0.601. The van der Waals surface area contributed by atoms with Crippen LogP contribution < -0.4 is 15.4 Å². The number of piperidine rings is 1. The third-order valence-corrected chi connectivity index (χ3v) is 6.65. The number of rotatable bonds is 5. The second kappa shape index (κ2) is 7.11. The number of amides is 3. The molecule has 0 spiro atoms. The second-order valence-electron chi connectivity index (χ2n) is 8.43. The van der Waals surface area contributed by atoms with Crippen molar-refractivity contribution in [2.24, 2.45) is 0 Å². The van der Waals surface area contributed by atoms with Gasteiger partial charge in [0, 0.05) is 43.7 Å². The van der Waals surface area contributed by atoms with Crippen molar-refractivity contribution < 1.29 is 19.1 Å². The van der Waals surface area contributed by atoms with Crippen molar-refractivity contribution in [2.75, 3.05) is 32.8 Å². The van der Waals surface area contributed by atoms with Gasteiger partial charge in [-0.05, 0) is 31.4 Å². The zero-order valence-electron chi connectivity index (χ0n) is 16.4. The normalized spacial score (nSPS) is 26.3. The summed E-state index contributed by atoms with van der Waals surface area (Å²) in [6, 6.07) is 4.94. The molecule has 4 aliphatic rings. The molecule has 29 heavy (non-hydrogen) atoms. The summed E-state index contributed by atoms with van der Waals surface area (Å²) in [5.74, 6) is -0.0992. The van der Waals surface area contributed by atoms with E-state index in [2.05, 4.69) is 15.5 Å². The Balaban J connectivity index is 1.31. The van der Waals surface area contributed by atoms with Crippen molar-refractivity contribution in [3.05, 3.63) is 29.3 Å². The highest BCUT2D eigenvalue weighted by Gasteiger charge is 2.49. The van der Waals surface area contributed by atoms with Gasteiger partial charge < -0.3 is 15.0 Å². The lowest BCUT2D eigenvalue weighted by Gasteiger charge is -2.35. The first-order chi connectivity index (χ1) is 14.1. The molecular weight excluding hydrogens is 372 g/mol. The van der Waals surface area contributed by atoms with Gasteiger partial charge >= 0.3 is 0 Å². The molecule has 3 aliphatic heterocycles. The van der Waals surface area contributed by atoms with Crippen LogP contribution in [-0.2, 0) is 16.1 Å². The molecule has 1 aliphatic carbocycles. The van der Waals surface area contributed by atoms with Gasteiger partial charge in [-0.1, -0.05) is 6.07 Å². The first-order valence-electron chi connectivity index (χ1n) is 10.4. The molecule has 2 N–H and O–H groups in total. The fraction of sp³-hybridized carbons (Fsp3) is 0.571. The average molecular weight is 398 g/mol. The molecule has 5 rings (SSSR count). The van der Waals surface area contributed by atoms with Crippen LogP contribution in [0.1, 0.15) is 41.6 Å². The molecule has 154 valence electrons. The number of carbonyl (C=O) groups is 3. The van der Waals surface area contributed by atoms with Crippen LogP contribution in [0.2, 0.25) is 0 Å². The molecule has 2 saturated heterocycles. The topological polar surface area (TPSA) is 91.0 Å². The molecule has 3 amide bonds. The lowest BCUT2D eigenvalue weighted by Crippen LogP contribution is -2.52. The number of hydrogen-bond donors (Lipinski definition) is 2. The van der Waals surface area contributed by atoms with Gasteiger partial charge in [0.2, 0.25) is 11.8 Å². The predicted octanol–water partition coefficient (Wildman–Crippen LogP) is 0.264. The van der Waals surface area contributed by atoms with E-state index in [9.17, 15) is 14.4 Å². The van der Waals surface area contributed by atoms with E-state index in [1.54, 1.807) is 11.0 Å². The Morgan fingerprint density at radius 1 is 1.14 bits per heavy atom. The minimum Gasteiger partial charge on any atom is -0.491 e. The van der Waals surface area contributed by atoms with E-state index < -0.39 is 6.04 Å². The molecule has 1 aromatic rings. The number of carbonyl (C=O) groups excluding carboxylic acids is 3. The summed E-state index contributed by atoms with van der Waals surface area (Å²) in [5.41, 5.74) is 1.56. The summed E-state index contributed by atoms with van der Waals surface area (Å²) < 4.78 is 6.26. The van der Waals surface area contributed by atoms with Gasteiger partial charge in [-0.15, -0.1) is 0 Å². The molecule has 1 aromatic carbocycles. The Morgan fingerprint density at radius 3 is 2.66 bits per heavy atom. The van der Waals surface area contributed by atoms with E-state index in [1.165, 1.54) is 0 Å². The third kappa shape index (κ3) is 3.30. The number of fused-ring (bicyclic) bond motifs is 1. The van der Waals surface area contributed by atoms with E-state index in [0.717, 1.165) is 50.3 Å². The summed E-state index contributed by atoms with van der Waals surface area (Å²) in [7, 11) is 0. The summed E-state index contributed by atoms with van der Waals surface area (Å²) >= 11 is 0. The lowest BCUT2D eigenvalue weighted by atomic mass is 10.0. The summed E-state index contributed by atoms with van der Waals surface area (Å²) in [4.78, 5) is 40.7. The van der Waals surface area contributed by atoms with Gasteiger partial charge in [0.15, 0.2) is 0 Å². The van der Waals surface area contributed by atoms with Crippen LogP contribution in [0.25, 0.3) is 0 Å². The molecule has 0 bridgehead atoms. The molecule has 0 aromatic heterocycles. The molecule has 1 unspecified atom stereocenters. The predicted molar refractivity (Wildman–Crippen MR) is 104 cm³/mol. The second-order valence-corrected chi connectivity index (χ2v) is 8.43. The smallest absolute Gasteiger partial charge is 0.255 e. The van der Waals surface area contributed by atoms with E-state index in [-0.39, 0.29) is 29.7 Å². The Kier molecular flexibility index (Phi) is 4.55. The fourth-order valence-electron chi connectivity index (χ4n) is 4.74. The first kappa shape index (κ1) is 18.6. The van der Waals surface area contributed by atoms with Crippen LogP contribution in [-0.4, -0.2) is 71.9 Å². The summed E-state index contributed by atoms with van der Waals surface area (Å²) in [6.07, 6.45) is 2.91. The highest BCUT2D eigenvalue weighted by Crippen LogP contribution is 2.43. The van der Waals surface area contributed by atoms with E-state index in [0.29, 0.717) is 25.1 Å². The van der Waals surface area contributed by atoms with Crippen LogP contribution in [0, 0.1) is 0 Å². The molecule has 3 fully saturated rings. The number of nitrogens with one attached hydrogen (secondary N) is 2. The van der Waals surface area contributed by atoms with Gasteiger partial charge in [0.1, 0.15) is 18.4 Å². The van der Waals surface area contributed by atoms with Crippen molar-refractivity contribution in [3.8, 4) is 5.75 Å². The SMILES string of the molecule is O=C1CCC(N2Cc3c(OCC4(N5CCNCC5)CC4)cccc3C2=O)C(=O)N1. The molecule has 8 heteroatoms. The molecule has 1 atom stereocenters. The highest BCUT2D eigenvalue weighted by molar-refractivity contribution is 6.05. The summed E-state index contributed by atoms with van der Waals surface area (Å²) in [5, 5.41) is 5.73. The van der Waals surface area contributed by atoms with Gasteiger partial charge in [-0.25, -0.2) is 0 Å². The Morgan fingerprint density at radius 2 is 1.93 bits per heavy atom. The number of imide groups is 1. The molecule has 8 nitrogen and oxygen atoms in total. The van der Waals surface area contributed by atoms with Gasteiger partial charge in [-0.3, -0.25) is 24.6 Å². The third-order valence-electron chi connectivity index (χ3n) is 6.65. The van der Waals surface area contributed by atoms with Crippen molar-refractivity contribution in [2.45, 2.75) is 43.8 Å². The fourth-order valence-corrected chi connectivity index (χ4v) is 4.74. The van der Waals surface area contributed by atoms with Crippen molar-refractivity contribution in [1.29, 1.82) is 0 Å². The van der Waals surface area contributed by atoms with Gasteiger partial charge in [0.25, 0.3) is 5.91 Å². The first-order valence-corrected chi connectivity index (χ1v) is 10.4. The largest absolute Gasteiger partial charge is 0.491 e. The Hall–Kier alpha value is -2.45. The van der Waals surface area contributed by atoms with Crippen LogP contribution in [0.5, 0.6) is 5.75 Å². The maximum absolute atomic E-state index is 12.9. The zero-order valence-corrected chi connectivity index (χ0v) is 16.4. The number of nitrogens with zero attached hydrogens (tertiary/aromatic N) is 2. The Bertz CT molecular complexity index is 860.